The number of rotatable bonds is 4. The maximum atomic E-state index is 14.3. The van der Waals surface area contributed by atoms with Gasteiger partial charge in [-0.1, -0.05) is 0 Å². The van der Waals surface area contributed by atoms with Gasteiger partial charge in [0.2, 0.25) is 0 Å². The fourth-order valence-corrected chi connectivity index (χ4v) is 4.64. The van der Waals surface area contributed by atoms with Crippen molar-refractivity contribution < 1.29 is 27.1 Å². The average Bonchev–Trinajstić information content (AvgIpc) is 3.24. The fraction of sp³-hybridized carbons (Fsp3) is 0.250. The lowest BCUT2D eigenvalue weighted by molar-refractivity contribution is 0.0316. The van der Waals surface area contributed by atoms with E-state index in [4.69, 9.17) is 10.5 Å². The van der Waals surface area contributed by atoms with E-state index in [1.807, 2.05) is 0 Å². The topological polar surface area (TPSA) is 93.3 Å². The van der Waals surface area contributed by atoms with Crippen LogP contribution in [0, 0.1) is 23.3 Å². The molecular weight excluding hydrogens is 468 g/mol. The Morgan fingerprint density at radius 3 is 2.46 bits per heavy atom. The highest BCUT2D eigenvalue weighted by Gasteiger charge is 2.33. The van der Waals surface area contributed by atoms with E-state index in [0.29, 0.717) is 16.6 Å². The Morgan fingerprint density at radius 1 is 1.09 bits per heavy atom. The van der Waals surface area contributed by atoms with Crippen LogP contribution >= 0.6 is 0 Å². The van der Waals surface area contributed by atoms with Gasteiger partial charge < -0.3 is 24.9 Å². The van der Waals surface area contributed by atoms with Crippen LogP contribution in [0.3, 0.4) is 0 Å². The van der Waals surface area contributed by atoms with Crippen LogP contribution in [0.4, 0.5) is 17.6 Å². The van der Waals surface area contributed by atoms with Crippen molar-refractivity contribution in [2.24, 2.45) is 5.73 Å². The minimum atomic E-state index is -1.17. The summed E-state index contributed by atoms with van der Waals surface area (Å²) in [5.74, 6) is -4.93. The molecule has 4 aromatic rings. The third kappa shape index (κ3) is 3.67. The molecule has 1 atom stereocenters. The van der Waals surface area contributed by atoms with Gasteiger partial charge in [-0.25, -0.2) is 17.6 Å². The number of likely N-dealkylation sites (N-methyl/N-ethyl adjacent to an activating group) is 1. The lowest BCUT2D eigenvalue weighted by Crippen LogP contribution is -2.40. The van der Waals surface area contributed by atoms with Crippen LogP contribution in [0.1, 0.15) is 27.8 Å². The highest BCUT2D eigenvalue weighted by Crippen LogP contribution is 2.35. The Morgan fingerprint density at radius 2 is 1.74 bits per heavy atom. The first-order chi connectivity index (χ1) is 16.7. The van der Waals surface area contributed by atoms with E-state index in [9.17, 15) is 27.2 Å². The number of nitrogens with two attached hydrogens (primary N) is 1. The van der Waals surface area contributed by atoms with Gasteiger partial charge in [0.25, 0.3) is 11.5 Å². The second kappa shape index (κ2) is 8.51. The van der Waals surface area contributed by atoms with Crippen molar-refractivity contribution in [2.45, 2.75) is 19.2 Å². The molecule has 35 heavy (non-hydrogen) atoms. The van der Waals surface area contributed by atoms with Crippen molar-refractivity contribution >= 4 is 27.6 Å². The number of hydrogen-bond acceptors (Lipinski definition) is 4. The summed E-state index contributed by atoms with van der Waals surface area (Å²) >= 11 is 0. The second-order valence-corrected chi connectivity index (χ2v) is 8.40. The highest BCUT2D eigenvalue weighted by molar-refractivity contribution is 5.98. The Balaban J connectivity index is 1.66. The van der Waals surface area contributed by atoms with Gasteiger partial charge in [0.1, 0.15) is 5.69 Å². The number of amides is 1. The lowest BCUT2D eigenvalue weighted by atomic mass is 9.94. The van der Waals surface area contributed by atoms with Gasteiger partial charge in [0.05, 0.1) is 30.3 Å². The second-order valence-electron chi connectivity index (χ2n) is 8.40. The van der Waals surface area contributed by atoms with Crippen molar-refractivity contribution in [1.29, 1.82) is 0 Å². The lowest BCUT2D eigenvalue weighted by Gasteiger charge is -2.35. The molecule has 2 aromatic carbocycles. The summed E-state index contributed by atoms with van der Waals surface area (Å²) in [6.07, 6.45) is 0. The van der Waals surface area contributed by atoms with Crippen molar-refractivity contribution in [3.8, 4) is 0 Å². The van der Waals surface area contributed by atoms with Crippen molar-refractivity contribution in [3.63, 3.8) is 0 Å². The first-order valence-electron chi connectivity index (χ1n) is 10.8. The molecular formula is C24H20F4N4O3. The number of nitrogens with one attached hydrogen (secondary N) is 1. The molecule has 0 aliphatic carbocycles. The molecule has 1 aliphatic heterocycles. The molecule has 3 heterocycles. The number of aromatic nitrogens is 2. The van der Waals surface area contributed by atoms with Crippen LogP contribution in [0.25, 0.3) is 21.7 Å². The van der Waals surface area contributed by atoms with Gasteiger partial charge in [-0.2, -0.15) is 0 Å². The molecule has 1 unspecified atom stereocenters. The average molecular weight is 488 g/mol. The molecule has 11 heteroatoms. The molecule has 5 rings (SSSR count). The minimum Gasteiger partial charge on any atom is -0.373 e. The molecule has 0 fully saturated rings. The fourth-order valence-electron chi connectivity index (χ4n) is 4.64. The van der Waals surface area contributed by atoms with Crippen LogP contribution in [-0.4, -0.2) is 40.6 Å². The molecule has 0 spiro atoms. The van der Waals surface area contributed by atoms with E-state index in [0.717, 1.165) is 24.3 Å². The monoisotopic (exact) mass is 488 g/mol. The van der Waals surface area contributed by atoms with Gasteiger partial charge in [-0.3, -0.25) is 9.59 Å². The third-order valence-corrected chi connectivity index (χ3v) is 6.34. The van der Waals surface area contributed by atoms with Gasteiger partial charge >= 0.3 is 0 Å². The molecule has 0 saturated carbocycles. The van der Waals surface area contributed by atoms with Crippen LogP contribution < -0.4 is 11.3 Å². The van der Waals surface area contributed by atoms with Crippen molar-refractivity contribution in [2.75, 3.05) is 20.2 Å². The summed E-state index contributed by atoms with van der Waals surface area (Å²) in [5, 5.41) is 0.437. The Bertz CT molecular complexity index is 1520. The molecule has 0 saturated heterocycles. The summed E-state index contributed by atoms with van der Waals surface area (Å²) in [6.45, 7) is 0.267. The van der Waals surface area contributed by atoms with E-state index in [2.05, 4.69) is 4.98 Å². The zero-order valence-corrected chi connectivity index (χ0v) is 18.5. The van der Waals surface area contributed by atoms with Crippen LogP contribution in [-0.2, 0) is 17.9 Å². The molecule has 182 valence electrons. The normalized spacial score (nSPS) is 15.5. The molecule has 1 amide bonds. The third-order valence-electron chi connectivity index (χ3n) is 6.34. The van der Waals surface area contributed by atoms with Crippen LogP contribution in [0.15, 0.2) is 35.1 Å². The number of hydrogen-bond donors (Lipinski definition) is 2. The standard InChI is InChI=1S/C24H20F4N4O3/c1-31(24(34)19-5-11-4-14(25)17(28)8-18(11)30-19)20-9-35-10-21-22(20)12-6-15(26)16(27)7-13(12)23(33)32(21)3-2-29/h4-8,20,30H,2-3,9-10,29H2,1H3. The summed E-state index contributed by atoms with van der Waals surface area (Å²) in [4.78, 5) is 30.5. The van der Waals surface area contributed by atoms with Crippen molar-refractivity contribution in [1.82, 2.24) is 14.5 Å². The number of halogens is 4. The van der Waals surface area contributed by atoms with Gasteiger partial charge in [-0.05, 0) is 29.7 Å². The number of carbonyl (C=O) groups is 1. The van der Waals surface area contributed by atoms with Crippen molar-refractivity contribution in [3.05, 3.63) is 80.9 Å². The predicted octanol–water partition coefficient (Wildman–Crippen LogP) is 3.34. The van der Waals surface area contributed by atoms with Gasteiger partial charge in [0.15, 0.2) is 23.3 Å². The highest BCUT2D eigenvalue weighted by atomic mass is 19.2. The van der Waals surface area contributed by atoms with Crippen LogP contribution in [0.2, 0.25) is 0 Å². The SMILES string of the molecule is CN(C(=O)c1cc2cc(F)c(F)cc2[nH]1)C1COCc2c1c1cc(F)c(F)cc1c(=O)n2CCN. The summed E-state index contributed by atoms with van der Waals surface area (Å²) in [5.41, 5.74) is 6.30. The van der Waals surface area contributed by atoms with Gasteiger partial charge in [-0.15, -0.1) is 0 Å². The minimum absolute atomic E-state index is 0.0168. The molecule has 2 aromatic heterocycles. The number of ether oxygens (including phenoxy) is 1. The largest absolute Gasteiger partial charge is 0.373 e. The van der Waals surface area contributed by atoms with E-state index < -0.39 is 40.8 Å². The maximum absolute atomic E-state index is 14.3. The number of nitrogens with zero attached hydrogens (tertiary/aromatic N) is 2. The summed E-state index contributed by atoms with van der Waals surface area (Å²) in [7, 11) is 1.49. The number of aromatic amines is 1. The van der Waals surface area contributed by atoms with E-state index in [1.54, 1.807) is 0 Å². The summed E-state index contributed by atoms with van der Waals surface area (Å²) < 4.78 is 62.6. The quantitative estimate of drug-likeness (QED) is 0.431. The molecule has 7 nitrogen and oxygen atoms in total. The summed E-state index contributed by atoms with van der Waals surface area (Å²) in [6, 6.07) is 4.34. The smallest absolute Gasteiger partial charge is 0.270 e. The molecule has 1 aliphatic rings. The zero-order chi connectivity index (χ0) is 25.0. The van der Waals surface area contributed by atoms with Gasteiger partial charge in [0, 0.05) is 42.7 Å². The van der Waals surface area contributed by atoms with Crippen LogP contribution in [0.5, 0.6) is 0 Å². The zero-order valence-electron chi connectivity index (χ0n) is 18.5. The number of carbonyl (C=O) groups excluding carboxylic acids is 1. The molecule has 0 bridgehead atoms. The maximum Gasteiger partial charge on any atom is 0.270 e. The number of pyridine rings is 1. The van der Waals surface area contributed by atoms with E-state index in [1.165, 1.54) is 22.6 Å². The first kappa shape index (κ1) is 23.1. The Kier molecular flexibility index (Phi) is 5.60. The van der Waals surface area contributed by atoms with E-state index >= 15 is 0 Å². The Labute approximate surface area is 195 Å². The first-order valence-corrected chi connectivity index (χ1v) is 10.8. The number of H-pyrrole nitrogens is 1. The van der Waals surface area contributed by atoms with E-state index in [-0.39, 0.29) is 48.3 Å². The molecule has 3 N–H and O–H groups in total. The predicted molar refractivity (Wildman–Crippen MR) is 120 cm³/mol. The number of fused-ring (bicyclic) bond motifs is 4. The Hall–Kier alpha value is -3.70. The number of benzene rings is 2. The molecule has 0 radical (unpaired) electrons.